The summed E-state index contributed by atoms with van der Waals surface area (Å²) >= 11 is 0. The molecule has 0 spiro atoms. The number of nitrogens with one attached hydrogen (secondary N) is 1. The summed E-state index contributed by atoms with van der Waals surface area (Å²) in [6.07, 6.45) is 5.16. The van der Waals surface area contributed by atoms with Gasteiger partial charge in [0.1, 0.15) is 0 Å². The van der Waals surface area contributed by atoms with Gasteiger partial charge in [-0.2, -0.15) is 0 Å². The van der Waals surface area contributed by atoms with Crippen molar-refractivity contribution >= 4 is 0 Å². The minimum Gasteiger partial charge on any atom is -0.317 e. The molecule has 0 saturated carbocycles. The lowest BCUT2D eigenvalue weighted by Gasteiger charge is -2.21. The van der Waals surface area contributed by atoms with Crippen LogP contribution < -0.4 is 5.32 Å². The van der Waals surface area contributed by atoms with Gasteiger partial charge in [0, 0.05) is 6.04 Å². The number of hydrogen-bond acceptors (Lipinski definition) is 2. The van der Waals surface area contributed by atoms with E-state index in [1.807, 2.05) is 0 Å². The van der Waals surface area contributed by atoms with E-state index in [0.29, 0.717) is 0 Å². The van der Waals surface area contributed by atoms with Crippen LogP contribution in [0.25, 0.3) is 0 Å². The van der Waals surface area contributed by atoms with Gasteiger partial charge in [-0.15, -0.1) is 0 Å². The van der Waals surface area contributed by atoms with E-state index in [1.54, 1.807) is 0 Å². The highest BCUT2D eigenvalue weighted by Gasteiger charge is 2.04. The van der Waals surface area contributed by atoms with Crippen LogP contribution in [0.5, 0.6) is 0 Å². The van der Waals surface area contributed by atoms with E-state index in [-0.39, 0.29) is 0 Å². The van der Waals surface area contributed by atoms with Crippen molar-refractivity contribution in [3.63, 3.8) is 0 Å². The second-order valence-electron chi connectivity index (χ2n) is 3.97. The fourth-order valence-electron chi connectivity index (χ4n) is 1.86. The molecule has 0 saturated heterocycles. The molecule has 0 aromatic heterocycles. The smallest absolute Gasteiger partial charge is 0.00619 e. The highest BCUT2D eigenvalue weighted by Crippen LogP contribution is 2.03. The molecule has 1 N–H and O–H groups in total. The van der Waals surface area contributed by atoms with Gasteiger partial charge in [-0.3, -0.25) is 0 Å². The van der Waals surface area contributed by atoms with Gasteiger partial charge < -0.3 is 10.2 Å². The molecule has 2 nitrogen and oxygen atoms in total. The van der Waals surface area contributed by atoms with Crippen molar-refractivity contribution in [2.45, 2.75) is 52.5 Å². The fourth-order valence-corrected chi connectivity index (χ4v) is 1.86. The monoisotopic (exact) mass is 200 g/mol. The van der Waals surface area contributed by atoms with Crippen LogP contribution in [0.2, 0.25) is 0 Å². The van der Waals surface area contributed by atoms with Crippen molar-refractivity contribution in [1.82, 2.24) is 10.2 Å². The summed E-state index contributed by atoms with van der Waals surface area (Å²) in [7, 11) is 2.07. The van der Waals surface area contributed by atoms with Crippen molar-refractivity contribution in [2.24, 2.45) is 0 Å². The topological polar surface area (TPSA) is 15.3 Å². The summed E-state index contributed by atoms with van der Waals surface area (Å²) in [6.45, 7) is 10.5. The van der Waals surface area contributed by atoms with Crippen LogP contribution in [0.1, 0.15) is 46.5 Å². The Bertz CT molecular complexity index is 111. The Labute approximate surface area is 90.1 Å². The average molecular weight is 200 g/mol. The Morgan fingerprint density at radius 1 is 1.14 bits per heavy atom. The van der Waals surface area contributed by atoms with Gasteiger partial charge >= 0.3 is 0 Å². The van der Waals surface area contributed by atoms with Crippen molar-refractivity contribution in [3.05, 3.63) is 0 Å². The van der Waals surface area contributed by atoms with E-state index in [0.717, 1.165) is 6.04 Å². The zero-order valence-corrected chi connectivity index (χ0v) is 10.5. The molecule has 14 heavy (non-hydrogen) atoms. The summed E-state index contributed by atoms with van der Waals surface area (Å²) in [4.78, 5) is 2.54. The van der Waals surface area contributed by atoms with Crippen LogP contribution in [0, 0.1) is 0 Å². The maximum atomic E-state index is 3.36. The summed E-state index contributed by atoms with van der Waals surface area (Å²) in [5.74, 6) is 0. The van der Waals surface area contributed by atoms with E-state index in [1.165, 1.54) is 45.3 Å². The van der Waals surface area contributed by atoms with Gasteiger partial charge in [-0.25, -0.2) is 0 Å². The Balaban J connectivity index is 3.48. The Morgan fingerprint density at radius 3 is 2.29 bits per heavy atom. The summed E-state index contributed by atoms with van der Waals surface area (Å²) in [5.41, 5.74) is 0. The lowest BCUT2D eigenvalue weighted by atomic mass is 10.1. The molecule has 0 aliphatic heterocycles. The zero-order valence-electron chi connectivity index (χ0n) is 10.5. The van der Waals surface area contributed by atoms with Crippen LogP contribution in [-0.4, -0.2) is 37.6 Å². The van der Waals surface area contributed by atoms with Crippen LogP contribution in [-0.2, 0) is 0 Å². The van der Waals surface area contributed by atoms with Crippen molar-refractivity contribution < 1.29 is 0 Å². The molecule has 86 valence electrons. The maximum Gasteiger partial charge on any atom is 0.00619 e. The minimum absolute atomic E-state index is 0.718. The second kappa shape index (κ2) is 9.47. The van der Waals surface area contributed by atoms with Gasteiger partial charge in [-0.05, 0) is 52.4 Å². The predicted octanol–water partition coefficient (Wildman–Crippen LogP) is 2.50. The molecule has 0 aromatic rings. The molecule has 0 aromatic carbocycles. The third-order valence-electron chi connectivity index (χ3n) is 2.92. The fraction of sp³-hybridized carbons (Fsp3) is 1.00. The normalized spacial score (nSPS) is 13.5. The molecule has 0 aliphatic rings. The third kappa shape index (κ3) is 6.39. The van der Waals surface area contributed by atoms with Crippen LogP contribution >= 0.6 is 0 Å². The maximum absolute atomic E-state index is 3.36. The SMILES string of the molecule is CCCN(CC)CCCC(CC)NC. The molecule has 0 aliphatic carbocycles. The summed E-state index contributed by atoms with van der Waals surface area (Å²) in [6, 6.07) is 0.718. The van der Waals surface area contributed by atoms with Gasteiger partial charge in [0.25, 0.3) is 0 Å². The number of nitrogens with zero attached hydrogens (tertiary/aromatic N) is 1. The zero-order chi connectivity index (χ0) is 10.8. The third-order valence-corrected chi connectivity index (χ3v) is 2.92. The average Bonchev–Trinajstić information content (AvgIpc) is 2.23. The predicted molar refractivity (Wildman–Crippen MR) is 64.8 cm³/mol. The first-order valence-electron chi connectivity index (χ1n) is 6.18. The first-order valence-corrected chi connectivity index (χ1v) is 6.18. The molecule has 0 amide bonds. The number of hydrogen-bond donors (Lipinski definition) is 1. The molecular weight excluding hydrogens is 172 g/mol. The quantitative estimate of drug-likeness (QED) is 0.615. The highest BCUT2D eigenvalue weighted by molar-refractivity contribution is 4.63. The molecule has 0 rings (SSSR count). The Morgan fingerprint density at radius 2 is 1.86 bits per heavy atom. The highest BCUT2D eigenvalue weighted by atomic mass is 15.1. The van der Waals surface area contributed by atoms with Crippen molar-refractivity contribution in [3.8, 4) is 0 Å². The van der Waals surface area contributed by atoms with E-state index in [9.17, 15) is 0 Å². The van der Waals surface area contributed by atoms with Crippen LogP contribution in [0.15, 0.2) is 0 Å². The lowest BCUT2D eigenvalue weighted by molar-refractivity contribution is 0.276. The van der Waals surface area contributed by atoms with Gasteiger partial charge in [0.2, 0.25) is 0 Å². The van der Waals surface area contributed by atoms with E-state index >= 15 is 0 Å². The van der Waals surface area contributed by atoms with E-state index in [2.05, 4.69) is 38.0 Å². The summed E-state index contributed by atoms with van der Waals surface area (Å²) < 4.78 is 0. The summed E-state index contributed by atoms with van der Waals surface area (Å²) in [5, 5.41) is 3.36. The molecular formula is C12H28N2. The first kappa shape index (κ1) is 13.9. The second-order valence-corrected chi connectivity index (χ2v) is 3.97. The van der Waals surface area contributed by atoms with E-state index < -0.39 is 0 Å². The lowest BCUT2D eigenvalue weighted by Crippen LogP contribution is -2.28. The minimum atomic E-state index is 0.718. The van der Waals surface area contributed by atoms with Crippen LogP contribution in [0.4, 0.5) is 0 Å². The van der Waals surface area contributed by atoms with Gasteiger partial charge in [0.15, 0.2) is 0 Å². The van der Waals surface area contributed by atoms with Crippen molar-refractivity contribution in [1.29, 1.82) is 0 Å². The molecule has 0 fully saturated rings. The van der Waals surface area contributed by atoms with Gasteiger partial charge in [-0.1, -0.05) is 20.8 Å². The number of rotatable bonds is 9. The molecule has 1 atom stereocenters. The van der Waals surface area contributed by atoms with Crippen LogP contribution in [0.3, 0.4) is 0 Å². The standard InChI is InChI=1S/C12H28N2/c1-5-10-14(7-3)11-8-9-12(6-2)13-4/h12-13H,5-11H2,1-4H3. The first-order chi connectivity index (χ1) is 6.78. The van der Waals surface area contributed by atoms with Crippen molar-refractivity contribution in [2.75, 3.05) is 26.7 Å². The largest absolute Gasteiger partial charge is 0.317 e. The Kier molecular flexibility index (Phi) is 9.42. The molecule has 0 radical (unpaired) electrons. The van der Waals surface area contributed by atoms with E-state index in [4.69, 9.17) is 0 Å². The Hall–Kier alpha value is -0.0800. The van der Waals surface area contributed by atoms with Gasteiger partial charge in [0.05, 0.1) is 0 Å². The molecule has 2 heteroatoms. The molecule has 0 bridgehead atoms. The molecule has 0 heterocycles. The molecule has 1 unspecified atom stereocenters.